The summed E-state index contributed by atoms with van der Waals surface area (Å²) in [6.45, 7) is 10.4. The fourth-order valence-electron chi connectivity index (χ4n) is 5.29. The third-order valence-corrected chi connectivity index (χ3v) is 7.34. The molecule has 0 N–H and O–H groups in total. The van der Waals surface area contributed by atoms with Crippen molar-refractivity contribution in [1.82, 2.24) is 9.47 Å². The third kappa shape index (κ3) is 5.21. The van der Waals surface area contributed by atoms with Crippen LogP contribution >= 0.6 is 0 Å². The minimum Gasteiger partial charge on any atom is -0.493 e. The van der Waals surface area contributed by atoms with E-state index in [2.05, 4.69) is 36.6 Å². The van der Waals surface area contributed by atoms with Crippen molar-refractivity contribution in [2.75, 3.05) is 27.9 Å². The average Bonchev–Trinajstić information content (AvgIpc) is 3.32. The molecule has 2 heterocycles. The molecule has 1 aliphatic rings. The summed E-state index contributed by atoms with van der Waals surface area (Å²) in [7, 11) is 4.52. The number of allylic oxidation sites excluding steroid dienone is 1. The number of benzene rings is 2. The van der Waals surface area contributed by atoms with Crippen molar-refractivity contribution in [2.24, 2.45) is 0 Å². The molecule has 0 radical (unpaired) electrons. The molecule has 0 bridgehead atoms. The summed E-state index contributed by atoms with van der Waals surface area (Å²) in [5.74, 6) is 0.532. The molecular weight excluding hydrogens is 492 g/mol. The Morgan fingerprint density at radius 1 is 0.897 bits per heavy atom. The summed E-state index contributed by atoms with van der Waals surface area (Å²) in [5, 5.41) is 0. The van der Waals surface area contributed by atoms with Crippen LogP contribution in [0, 0.1) is 27.7 Å². The molecule has 7 heteroatoms. The molecule has 0 unspecified atom stereocenters. The molecule has 1 aromatic heterocycles. The lowest BCUT2D eigenvalue weighted by Crippen LogP contribution is -2.27. The van der Waals surface area contributed by atoms with Crippen LogP contribution in [-0.2, 0) is 20.7 Å². The number of hydrogen-bond acceptors (Lipinski definition) is 5. The van der Waals surface area contributed by atoms with E-state index in [-0.39, 0.29) is 5.91 Å². The lowest BCUT2D eigenvalue weighted by atomic mass is 10.0. The van der Waals surface area contributed by atoms with Crippen molar-refractivity contribution in [3.8, 4) is 17.2 Å². The van der Waals surface area contributed by atoms with E-state index < -0.39 is 5.97 Å². The first-order valence-corrected chi connectivity index (χ1v) is 12.9. The van der Waals surface area contributed by atoms with Crippen LogP contribution in [0.2, 0.25) is 0 Å². The third-order valence-electron chi connectivity index (χ3n) is 7.34. The molecule has 39 heavy (non-hydrogen) atoms. The molecule has 0 saturated heterocycles. The van der Waals surface area contributed by atoms with Gasteiger partial charge in [-0.1, -0.05) is 23.8 Å². The molecule has 4 rings (SSSR count). The Hall–Kier alpha value is -4.26. The van der Waals surface area contributed by atoms with Gasteiger partial charge in [0.05, 0.1) is 32.5 Å². The number of nitrogens with zero attached hydrogens (tertiary/aromatic N) is 2. The molecule has 7 nitrogen and oxygen atoms in total. The molecule has 204 valence electrons. The SMILES string of the molecule is COC(=O)C1=C(C)N(CCc2ccc(OC)c(OC)c2)C(=O)/C1=C\c1cc(C)n(-c2ccc(C)cc2C)c1C. The molecule has 0 fully saturated rings. The molecule has 0 saturated carbocycles. The van der Waals surface area contributed by atoms with E-state index in [9.17, 15) is 9.59 Å². The van der Waals surface area contributed by atoms with Crippen LogP contribution in [0.5, 0.6) is 11.5 Å². The van der Waals surface area contributed by atoms with Gasteiger partial charge in [0.1, 0.15) is 0 Å². The van der Waals surface area contributed by atoms with Crippen LogP contribution in [0.3, 0.4) is 0 Å². The lowest BCUT2D eigenvalue weighted by molar-refractivity contribution is -0.136. The van der Waals surface area contributed by atoms with Gasteiger partial charge in [-0.3, -0.25) is 4.79 Å². The first kappa shape index (κ1) is 27.8. The van der Waals surface area contributed by atoms with E-state index in [1.165, 1.54) is 18.2 Å². The summed E-state index contributed by atoms with van der Waals surface area (Å²) in [6.07, 6.45) is 2.39. The van der Waals surface area contributed by atoms with E-state index in [1.54, 1.807) is 26.0 Å². The quantitative estimate of drug-likeness (QED) is 0.279. The van der Waals surface area contributed by atoms with Gasteiger partial charge in [0.2, 0.25) is 0 Å². The van der Waals surface area contributed by atoms with Gasteiger partial charge in [0.15, 0.2) is 11.5 Å². The molecule has 3 aromatic rings. The second kappa shape index (κ2) is 11.2. The smallest absolute Gasteiger partial charge is 0.340 e. The first-order chi connectivity index (χ1) is 18.6. The summed E-state index contributed by atoms with van der Waals surface area (Å²) < 4.78 is 18.0. The van der Waals surface area contributed by atoms with Crippen LogP contribution in [0.4, 0.5) is 0 Å². The topological polar surface area (TPSA) is 70.0 Å². The summed E-state index contributed by atoms with van der Waals surface area (Å²) in [6, 6.07) is 14.1. The number of methoxy groups -OCH3 is 3. The van der Waals surface area contributed by atoms with Crippen molar-refractivity contribution in [3.63, 3.8) is 0 Å². The zero-order valence-corrected chi connectivity index (χ0v) is 24.0. The Labute approximate surface area is 230 Å². The van der Waals surface area contributed by atoms with Crippen molar-refractivity contribution in [3.05, 3.63) is 92.9 Å². The lowest BCUT2D eigenvalue weighted by Gasteiger charge is -2.18. The maximum Gasteiger partial charge on any atom is 0.340 e. The summed E-state index contributed by atoms with van der Waals surface area (Å²) in [5.41, 5.74) is 8.59. The number of amides is 1. The number of aromatic nitrogens is 1. The van der Waals surface area contributed by atoms with Crippen LogP contribution in [-0.4, -0.2) is 49.2 Å². The first-order valence-electron chi connectivity index (χ1n) is 12.9. The highest BCUT2D eigenvalue weighted by atomic mass is 16.5. The number of esters is 1. The minimum atomic E-state index is -0.524. The monoisotopic (exact) mass is 528 g/mol. The van der Waals surface area contributed by atoms with Gasteiger partial charge in [-0.15, -0.1) is 0 Å². The van der Waals surface area contributed by atoms with E-state index in [1.807, 2.05) is 44.2 Å². The molecule has 0 spiro atoms. The van der Waals surface area contributed by atoms with Crippen LogP contribution in [0.25, 0.3) is 11.8 Å². The van der Waals surface area contributed by atoms with Gasteiger partial charge in [0.25, 0.3) is 5.91 Å². The van der Waals surface area contributed by atoms with E-state index >= 15 is 0 Å². The largest absolute Gasteiger partial charge is 0.493 e. The number of carbonyl (C=O) groups is 2. The van der Waals surface area contributed by atoms with Crippen molar-refractivity contribution < 1.29 is 23.8 Å². The highest BCUT2D eigenvalue weighted by molar-refractivity contribution is 6.16. The average molecular weight is 529 g/mol. The number of rotatable bonds is 8. The summed E-state index contributed by atoms with van der Waals surface area (Å²) >= 11 is 0. The second-order valence-corrected chi connectivity index (χ2v) is 9.86. The summed E-state index contributed by atoms with van der Waals surface area (Å²) in [4.78, 5) is 28.2. The zero-order valence-electron chi connectivity index (χ0n) is 24.0. The Kier molecular flexibility index (Phi) is 8.00. The second-order valence-electron chi connectivity index (χ2n) is 9.86. The van der Waals surface area contributed by atoms with Crippen LogP contribution in [0.1, 0.15) is 40.6 Å². The minimum absolute atomic E-state index is 0.218. The van der Waals surface area contributed by atoms with E-state index in [0.717, 1.165) is 28.2 Å². The Bertz CT molecular complexity index is 1510. The Morgan fingerprint density at radius 2 is 1.62 bits per heavy atom. The fraction of sp³-hybridized carbons (Fsp3) is 0.312. The highest BCUT2D eigenvalue weighted by Crippen LogP contribution is 2.34. The van der Waals surface area contributed by atoms with Gasteiger partial charge < -0.3 is 23.7 Å². The number of hydrogen-bond donors (Lipinski definition) is 0. The van der Waals surface area contributed by atoms with Gasteiger partial charge in [-0.05, 0) is 88.1 Å². The van der Waals surface area contributed by atoms with Crippen molar-refractivity contribution in [2.45, 2.75) is 41.0 Å². The van der Waals surface area contributed by atoms with E-state index in [0.29, 0.717) is 41.3 Å². The van der Waals surface area contributed by atoms with Gasteiger partial charge in [-0.2, -0.15) is 0 Å². The van der Waals surface area contributed by atoms with Gasteiger partial charge in [-0.25, -0.2) is 4.79 Å². The maximum atomic E-state index is 13.7. The van der Waals surface area contributed by atoms with Crippen molar-refractivity contribution in [1.29, 1.82) is 0 Å². The molecule has 0 atom stereocenters. The van der Waals surface area contributed by atoms with Crippen molar-refractivity contribution >= 4 is 18.0 Å². The molecule has 0 aliphatic carbocycles. The normalized spacial score (nSPS) is 14.4. The van der Waals surface area contributed by atoms with Crippen LogP contribution in [0.15, 0.2) is 59.3 Å². The van der Waals surface area contributed by atoms with Crippen LogP contribution < -0.4 is 9.47 Å². The molecule has 1 aliphatic heterocycles. The number of ether oxygens (including phenoxy) is 3. The standard InChI is InChI=1S/C32H36N2O5/c1-19-9-11-27(20(2)15-19)34-21(3)16-25(22(34)4)18-26-30(32(36)39-8)23(5)33(31(26)35)14-13-24-10-12-28(37-6)29(17-24)38-7/h9-12,15-18H,13-14H2,1-8H3/b26-18-. The molecule has 1 amide bonds. The van der Waals surface area contributed by atoms with Gasteiger partial charge >= 0.3 is 5.97 Å². The number of aryl methyl sites for hydroxylation is 3. The van der Waals surface area contributed by atoms with Gasteiger partial charge in [0, 0.05) is 29.3 Å². The predicted molar refractivity (Wildman–Crippen MR) is 152 cm³/mol. The molecular formula is C32H36N2O5. The van der Waals surface area contributed by atoms with E-state index in [4.69, 9.17) is 14.2 Å². The predicted octanol–water partition coefficient (Wildman–Crippen LogP) is 5.64. The number of carbonyl (C=O) groups excluding carboxylic acids is 2. The molecule has 2 aromatic carbocycles. The maximum absolute atomic E-state index is 13.7. The zero-order chi connectivity index (χ0) is 28.4. The Morgan fingerprint density at radius 3 is 2.26 bits per heavy atom. The Balaban J connectivity index is 1.70. The highest BCUT2D eigenvalue weighted by Gasteiger charge is 2.37. The fourth-order valence-corrected chi connectivity index (χ4v) is 5.29.